The Labute approximate surface area is 110 Å². The number of carboxylic acid groups (broad SMARTS) is 1. The van der Waals surface area contributed by atoms with Crippen molar-refractivity contribution in [1.82, 2.24) is 0 Å². The number of carbonyl (C=O) groups is 1. The van der Waals surface area contributed by atoms with Gasteiger partial charge in [-0.15, -0.1) is 0 Å². The molecule has 5 N–H and O–H groups in total. The van der Waals surface area contributed by atoms with Crippen molar-refractivity contribution in [2.45, 2.75) is 25.2 Å². The molecule has 0 spiro atoms. The number of ether oxygens (including phenoxy) is 1. The molecule has 0 fully saturated rings. The molecule has 7 nitrogen and oxygen atoms in total. The molecule has 0 aliphatic carbocycles. The monoisotopic (exact) mass is 289 g/mol. The Morgan fingerprint density at radius 1 is 1.37 bits per heavy atom. The summed E-state index contributed by atoms with van der Waals surface area (Å²) in [6.45, 7) is 1.85. The van der Waals surface area contributed by atoms with Gasteiger partial charge in [0.2, 0.25) is 0 Å². The van der Waals surface area contributed by atoms with Gasteiger partial charge in [-0.3, -0.25) is 4.57 Å². The van der Waals surface area contributed by atoms with Gasteiger partial charge in [0.25, 0.3) is 5.85 Å². The average Bonchev–Trinajstić information content (AvgIpc) is 2.25. The van der Waals surface area contributed by atoms with Crippen molar-refractivity contribution < 1.29 is 29.0 Å². The molecule has 1 rings (SSSR count). The molecule has 8 heteroatoms. The first kappa shape index (κ1) is 15.7. The molecule has 0 saturated carbocycles. The Kier molecular flexibility index (Phi) is 5.08. The van der Waals surface area contributed by atoms with Gasteiger partial charge in [0.05, 0.1) is 0 Å². The van der Waals surface area contributed by atoms with Crippen molar-refractivity contribution >= 4 is 13.6 Å². The van der Waals surface area contributed by atoms with Gasteiger partial charge in [-0.1, -0.05) is 12.1 Å². The summed E-state index contributed by atoms with van der Waals surface area (Å²) in [5, 5.41) is 8.71. The van der Waals surface area contributed by atoms with E-state index in [0.29, 0.717) is 6.42 Å². The molecule has 0 bridgehead atoms. The largest absolute Gasteiger partial charge is 0.478 e. The number of carboxylic acids is 1. The summed E-state index contributed by atoms with van der Waals surface area (Å²) in [5.74, 6) is -3.84. The van der Waals surface area contributed by atoms with E-state index in [-0.39, 0.29) is 11.8 Å². The predicted molar refractivity (Wildman–Crippen MR) is 67.9 cm³/mol. The second-order valence-electron chi connectivity index (χ2n) is 4.22. The van der Waals surface area contributed by atoms with E-state index in [1.807, 2.05) is 6.92 Å². The van der Waals surface area contributed by atoms with E-state index in [9.17, 15) is 9.36 Å². The van der Waals surface area contributed by atoms with E-state index in [2.05, 4.69) is 0 Å². The van der Waals surface area contributed by atoms with Gasteiger partial charge in [0.1, 0.15) is 5.75 Å². The minimum Gasteiger partial charge on any atom is -0.478 e. The lowest BCUT2D eigenvalue weighted by Gasteiger charge is -2.16. The highest BCUT2D eigenvalue weighted by Crippen LogP contribution is 2.42. The summed E-state index contributed by atoms with van der Waals surface area (Å²) in [6.07, 6.45) is 0.640. The molecular formula is C11H16NO6P. The van der Waals surface area contributed by atoms with Crippen LogP contribution in [0.2, 0.25) is 0 Å². The summed E-state index contributed by atoms with van der Waals surface area (Å²) < 4.78 is 15.8. The maximum Gasteiger partial charge on any atom is 0.377 e. The lowest BCUT2D eigenvalue weighted by atomic mass is 10.1. The van der Waals surface area contributed by atoms with Crippen LogP contribution in [0.3, 0.4) is 0 Å². The summed E-state index contributed by atoms with van der Waals surface area (Å²) in [7, 11) is -4.87. The molecule has 0 heterocycles. The van der Waals surface area contributed by atoms with Crippen molar-refractivity contribution in [3.63, 3.8) is 0 Å². The first-order valence-electron chi connectivity index (χ1n) is 5.49. The average molecular weight is 289 g/mol. The molecule has 0 aromatic heterocycles. The molecule has 19 heavy (non-hydrogen) atoms. The quantitative estimate of drug-likeness (QED) is 0.562. The Morgan fingerprint density at radius 2 is 1.89 bits per heavy atom. The van der Waals surface area contributed by atoms with Gasteiger partial charge in [-0.2, -0.15) is 0 Å². The normalized spacial score (nSPS) is 14.7. The first-order chi connectivity index (χ1) is 8.70. The lowest BCUT2D eigenvalue weighted by molar-refractivity contribution is -0.141. The SMILES string of the molecule is CC(N)Cc1ccc(OC(C(=O)O)P(=O)(O)O)cc1. The molecule has 0 radical (unpaired) electrons. The van der Waals surface area contributed by atoms with Crippen LogP contribution < -0.4 is 10.5 Å². The molecule has 0 aliphatic rings. The fraction of sp³-hybridized carbons (Fsp3) is 0.364. The summed E-state index contributed by atoms with van der Waals surface area (Å²) >= 11 is 0. The molecule has 2 unspecified atom stereocenters. The van der Waals surface area contributed by atoms with Crippen molar-refractivity contribution in [3.05, 3.63) is 29.8 Å². The van der Waals surface area contributed by atoms with Crippen LogP contribution in [0.1, 0.15) is 12.5 Å². The van der Waals surface area contributed by atoms with Gasteiger partial charge in [0.15, 0.2) is 0 Å². The number of nitrogens with two attached hydrogens (primary N) is 1. The van der Waals surface area contributed by atoms with Crippen molar-refractivity contribution in [2.75, 3.05) is 0 Å². The summed E-state index contributed by atoms with van der Waals surface area (Å²) in [4.78, 5) is 28.5. The van der Waals surface area contributed by atoms with E-state index >= 15 is 0 Å². The van der Waals surface area contributed by atoms with E-state index in [4.69, 9.17) is 25.4 Å². The van der Waals surface area contributed by atoms with Crippen molar-refractivity contribution in [3.8, 4) is 5.75 Å². The van der Waals surface area contributed by atoms with Crippen LogP contribution in [0.25, 0.3) is 0 Å². The van der Waals surface area contributed by atoms with Crippen LogP contribution in [0, 0.1) is 0 Å². The molecule has 1 aromatic carbocycles. The molecule has 0 amide bonds. The highest BCUT2D eigenvalue weighted by Gasteiger charge is 2.38. The van der Waals surface area contributed by atoms with Crippen LogP contribution in [0.5, 0.6) is 5.75 Å². The Morgan fingerprint density at radius 3 is 2.26 bits per heavy atom. The van der Waals surface area contributed by atoms with Crippen LogP contribution >= 0.6 is 7.60 Å². The fourth-order valence-electron chi connectivity index (χ4n) is 1.47. The van der Waals surface area contributed by atoms with Crippen molar-refractivity contribution in [2.24, 2.45) is 5.73 Å². The molecule has 0 aliphatic heterocycles. The number of rotatable bonds is 6. The van der Waals surface area contributed by atoms with E-state index in [1.165, 1.54) is 12.1 Å². The van der Waals surface area contributed by atoms with E-state index < -0.39 is 19.4 Å². The zero-order valence-electron chi connectivity index (χ0n) is 10.3. The molecule has 106 valence electrons. The Bertz CT molecular complexity index is 480. The maximum absolute atomic E-state index is 11.0. The number of benzene rings is 1. The molecular weight excluding hydrogens is 273 g/mol. The zero-order chi connectivity index (χ0) is 14.6. The zero-order valence-corrected chi connectivity index (χ0v) is 11.2. The van der Waals surface area contributed by atoms with E-state index in [1.54, 1.807) is 12.1 Å². The number of hydrogen-bond acceptors (Lipinski definition) is 4. The standard InChI is InChI=1S/C11H16NO6P/c1-7(12)6-8-2-4-9(5-3-8)18-11(10(13)14)19(15,16)17/h2-5,7,11H,6,12H2,1H3,(H,13,14)(H2,15,16,17). The number of hydrogen-bond donors (Lipinski definition) is 4. The third-order valence-electron chi connectivity index (χ3n) is 2.25. The van der Waals surface area contributed by atoms with Crippen LogP contribution in [-0.4, -0.2) is 32.7 Å². The van der Waals surface area contributed by atoms with Gasteiger partial charge in [0, 0.05) is 6.04 Å². The van der Waals surface area contributed by atoms with Crippen LogP contribution in [-0.2, 0) is 15.8 Å². The highest BCUT2D eigenvalue weighted by atomic mass is 31.2. The van der Waals surface area contributed by atoms with Crippen molar-refractivity contribution in [1.29, 1.82) is 0 Å². The highest BCUT2D eigenvalue weighted by molar-refractivity contribution is 7.53. The second kappa shape index (κ2) is 6.16. The topological polar surface area (TPSA) is 130 Å². The second-order valence-corrected chi connectivity index (χ2v) is 5.87. The predicted octanol–water partition coefficient (Wildman–Crippen LogP) is 0.543. The molecule has 2 atom stereocenters. The van der Waals surface area contributed by atoms with Crippen LogP contribution in [0.15, 0.2) is 24.3 Å². The third kappa shape index (κ3) is 5.00. The van der Waals surface area contributed by atoms with Gasteiger partial charge < -0.3 is 25.4 Å². The lowest BCUT2D eigenvalue weighted by Crippen LogP contribution is -2.26. The van der Waals surface area contributed by atoms with Gasteiger partial charge in [-0.05, 0) is 31.0 Å². The smallest absolute Gasteiger partial charge is 0.377 e. The number of aliphatic carboxylic acids is 1. The maximum atomic E-state index is 11.0. The van der Waals surface area contributed by atoms with Crippen LogP contribution in [0.4, 0.5) is 0 Å². The van der Waals surface area contributed by atoms with Gasteiger partial charge >= 0.3 is 13.6 Å². The van der Waals surface area contributed by atoms with Gasteiger partial charge in [-0.25, -0.2) is 4.79 Å². The summed E-state index contributed by atoms with van der Waals surface area (Å²) in [6, 6.07) is 6.20. The first-order valence-corrected chi connectivity index (χ1v) is 7.17. The Balaban J connectivity index is 2.81. The third-order valence-corrected chi connectivity index (χ3v) is 3.18. The Hall–Kier alpha value is -1.40. The molecule has 1 aromatic rings. The fourth-order valence-corrected chi connectivity index (χ4v) is 2.01. The van der Waals surface area contributed by atoms with E-state index in [0.717, 1.165) is 5.56 Å². The minimum atomic E-state index is -4.87. The minimum absolute atomic E-state index is 0.0198. The summed E-state index contributed by atoms with van der Waals surface area (Å²) in [5.41, 5.74) is 6.55. The molecule has 0 saturated heterocycles.